The SMILES string of the molecule is OCOCCc1c[nH]c2ccc(O)cc12. The Morgan fingerprint density at radius 3 is 3.00 bits per heavy atom. The molecule has 0 unspecified atom stereocenters. The lowest BCUT2D eigenvalue weighted by Crippen LogP contribution is -1.98. The number of hydrogen-bond acceptors (Lipinski definition) is 3. The van der Waals surface area contributed by atoms with Gasteiger partial charge in [-0.2, -0.15) is 0 Å². The number of phenolic OH excluding ortho intramolecular Hbond substituents is 1. The molecule has 3 N–H and O–H groups in total. The van der Waals surface area contributed by atoms with Crippen molar-refractivity contribution in [2.45, 2.75) is 6.42 Å². The van der Waals surface area contributed by atoms with Crippen LogP contribution >= 0.6 is 0 Å². The number of aromatic hydroxyl groups is 1. The molecule has 1 heterocycles. The van der Waals surface area contributed by atoms with E-state index in [1.54, 1.807) is 12.1 Å². The van der Waals surface area contributed by atoms with Crippen molar-refractivity contribution in [2.24, 2.45) is 0 Å². The molecule has 0 aliphatic rings. The summed E-state index contributed by atoms with van der Waals surface area (Å²) in [7, 11) is 0. The first-order valence-corrected chi connectivity index (χ1v) is 4.79. The van der Waals surface area contributed by atoms with Crippen LogP contribution in [0.25, 0.3) is 10.9 Å². The standard InChI is InChI=1S/C11H13NO3/c13-7-15-4-3-8-6-12-11-2-1-9(14)5-10(8)11/h1-2,5-6,12-14H,3-4,7H2. The van der Waals surface area contributed by atoms with E-state index in [9.17, 15) is 5.11 Å². The molecule has 0 fully saturated rings. The fourth-order valence-electron chi connectivity index (χ4n) is 1.62. The maximum atomic E-state index is 9.36. The second-order valence-electron chi connectivity index (χ2n) is 3.33. The molecule has 1 aromatic heterocycles. The van der Waals surface area contributed by atoms with Gasteiger partial charge in [-0.15, -0.1) is 0 Å². The largest absolute Gasteiger partial charge is 0.508 e. The first-order chi connectivity index (χ1) is 7.31. The van der Waals surface area contributed by atoms with Gasteiger partial charge in [0.2, 0.25) is 0 Å². The Hall–Kier alpha value is -1.52. The van der Waals surface area contributed by atoms with Crippen LogP contribution in [0.3, 0.4) is 0 Å². The summed E-state index contributed by atoms with van der Waals surface area (Å²) < 4.78 is 4.87. The van der Waals surface area contributed by atoms with Crippen LogP contribution in [0, 0.1) is 0 Å². The van der Waals surface area contributed by atoms with Gasteiger partial charge in [-0.25, -0.2) is 0 Å². The van der Waals surface area contributed by atoms with Crippen LogP contribution in [0.1, 0.15) is 5.56 Å². The summed E-state index contributed by atoms with van der Waals surface area (Å²) in [4.78, 5) is 3.11. The molecule has 1 aromatic carbocycles. The molecule has 0 aliphatic heterocycles. The van der Waals surface area contributed by atoms with E-state index in [0.717, 1.165) is 16.5 Å². The van der Waals surface area contributed by atoms with Crippen molar-refractivity contribution < 1.29 is 14.9 Å². The Balaban J connectivity index is 2.23. The topological polar surface area (TPSA) is 65.5 Å². The summed E-state index contributed by atoms with van der Waals surface area (Å²) in [5, 5.41) is 18.8. The third-order valence-electron chi connectivity index (χ3n) is 2.36. The molecule has 15 heavy (non-hydrogen) atoms. The Labute approximate surface area is 87.1 Å². The highest BCUT2D eigenvalue weighted by Crippen LogP contribution is 2.23. The van der Waals surface area contributed by atoms with Gasteiger partial charge < -0.3 is 19.9 Å². The maximum Gasteiger partial charge on any atom is 0.143 e. The number of aromatic amines is 1. The minimum absolute atomic E-state index is 0.256. The van der Waals surface area contributed by atoms with Gasteiger partial charge in [-0.1, -0.05) is 0 Å². The lowest BCUT2D eigenvalue weighted by Gasteiger charge is -2.00. The fraction of sp³-hybridized carbons (Fsp3) is 0.273. The highest BCUT2D eigenvalue weighted by atomic mass is 16.6. The molecule has 80 valence electrons. The minimum Gasteiger partial charge on any atom is -0.508 e. The molecule has 0 bridgehead atoms. The lowest BCUT2D eigenvalue weighted by molar-refractivity contribution is 0.000347. The van der Waals surface area contributed by atoms with Crippen molar-refractivity contribution in [1.82, 2.24) is 4.98 Å². The summed E-state index contributed by atoms with van der Waals surface area (Å²) in [6.45, 7) is 0.215. The average Bonchev–Trinajstić information content (AvgIpc) is 2.62. The van der Waals surface area contributed by atoms with Crippen LogP contribution in [0.15, 0.2) is 24.4 Å². The molecule has 0 saturated heterocycles. The van der Waals surface area contributed by atoms with Crippen LogP contribution in [0.2, 0.25) is 0 Å². The number of fused-ring (bicyclic) bond motifs is 1. The monoisotopic (exact) mass is 207 g/mol. The summed E-state index contributed by atoms with van der Waals surface area (Å²) in [5.74, 6) is 0.256. The number of phenols is 1. The molecule has 4 nitrogen and oxygen atoms in total. The number of aliphatic hydroxyl groups is 1. The van der Waals surface area contributed by atoms with E-state index in [0.29, 0.717) is 13.0 Å². The molecule has 0 radical (unpaired) electrons. The van der Waals surface area contributed by atoms with Gasteiger partial charge in [0.15, 0.2) is 0 Å². The number of nitrogens with one attached hydrogen (secondary N) is 1. The second kappa shape index (κ2) is 4.33. The average molecular weight is 207 g/mol. The molecule has 0 aliphatic carbocycles. The highest BCUT2D eigenvalue weighted by molar-refractivity contribution is 5.84. The Bertz CT molecular complexity index is 450. The lowest BCUT2D eigenvalue weighted by atomic mass is 10.1. The predicted octanol–water partition coefficient (Wildman–Crippen LogP) is 1.38. The highest BCUT2D eigenvalue weighted by Gasteiger charge is 2.03. The molecule has 0 atom stereocenters. The van der Waals surface area contributed by atoms with Crippen LogP contribution in [-0.2, 0) is 11.2 Å². The van der Waals surface area contributed by atoms with E-state index in [4.69, 9.17) is 9.84 Å². The third kappa shape index (κ3) is 2.11. The van der Waals surface area contributed by atoms with Gasteiger partial charge in [0, 0.05) is 17.1 Å². The maximum absolute atomic E-state index is 9.36. The first-order valence-electron chi connectivity index (χ1n) is 4.79. The van der Waals surface area contributed by atoms with Gasteiger partial charge >= 0.3 is 0 Å². The summed E-state index contributed by atoms with van der Waals surface area (Å²) in [5.41, 5.74) is 2.07. The normalized spacial score (nSPS) is 11.0. The van der Waals surface area contributed by atoms with E-state index >= 15 is 0 Å². The van der Waals surface area contributed by atoms with Gasteiger partial charge in [0.25, 0.3) is 0 Å². The van der Waals surface area contributed by atoms with E-state index in [2.05, 4.69) is 4.98 Å². The number of aliphatic hydroxyl groups excluding tert-OH is 1. The smallest absolute Gasteiger partial charge is 0.143 e. The first kappa shape index (κ1) is 10.0. The molecule has 0 saturated carbocycles. The molecular weight excluding hydrogens is 194 g/mol. The fourth-order valence-corrected chi connectivity index (χ4v) is 1.62. The summed E-state index contributed by atoms with van der Waals surface area (Å²) in [6, 6.07) is 5.20. The van der Waals surface area contributed by atoms with Crippen LogP contribution in [0.5, 0.6) is 5.75 Å². The molecule has 2 rings (SSSR count). The number of hydrogen-bond donors (Lipinski definition) is 3. The predicted molar refractivity (Wildman–Crippen MR) is 56.7 cm³/mol. The zero-order valence-corrected chi connectivity index (χ0v) is 8.23. The summed E-state index contributed by atoms with van der Waals surface area (Å²) >= 11 is 0. The van der Waals surface area contributed by atoms with Crippen LogP contribution in [-0.4, -0.2) is 28.6 Å². The third-order valence-corrected chi connectivity index (χ3v) is 2.36. The number of rotatable bonds is 4. The number of aromatic nitrogens is 1. The summed E-state index contributed by atoms with van der Waals surface area (Å²) in [6.07, 6.45) is 2.61. The van der Waals surface area contributed by atoms with E-state index < -0.39 is 0 Å². The van der Waals surface area contributed by atoms with Crippen molar-refractivity contribution in [1.29, 1.82) is 0 Å². The van der Waals surface area contributed by atoms with Crippen molar-refractivity contribution in [3.63, 3.8) is 0 Å². The van der Waals surface area contributed by atoms with Gasteiger partial charge in [0.1, 0.15) is 12.5 Å². The minimum atomic E-state index is -0.256. The zero-order chi connectivity index (χ0) is 10.7. The Kier molecular flexibility index (Phi) is 2.89. The molecule has 0 amide bonds. The van der Waals surface area contributed by atoms with Crippen molar-refractivity contribution >= 4 is 10.9 Å². The van der Waals surface area contributed by atoms with Crippen LogP contribution < -0.4 is 0 Å². The van der Waals surface area contributed by atoms with Crippen LogP contribution in [0.4, 0.5) is 0 Å². The van der Waals surface area contributed by atoms with Gasteiger partial charge in [-0.3, -0.25) is 0 Å². The Morgan fingerprint density at radius 1 is 1.33 bits per heavy atom. The molecule has 2 aromatic rings. The number of H-pyrrole nitrogens is 1. The molecular formula is C11H13NO3. The van der Waals surface area contributed by atoms with E-state index in [1.807, 2.05) is 12.3 Å². The van der Waals surface area contributed by atoms with Gasteiger partial charge in [-0.05, 0) is 30.2 Å². The van der Waals surface area contributed by atoms with E-state index in [1.165, 1.54) is 0 Å². The van der Waals surface area contributed by atoms with Crippen molar-refractivity contribution in [2.75, 3.05) is 13.4 Å². The van der Waals surface area contributed by atoms with Crippen molar-refractivity contribution in [3.8, 4) is 5.75 Å². The molecule has 0 spiro atoms. The second-order valence-corrected chi connectivity index (χ2v) is 3.33. The van der Waals surface area contributed by atoms with E-state index in [-0.39, 0.29) is 12.5 Å². The molecule has 4 heteroatoms. The number of ether oxygens (including phenoxy) is 1. The van der Waals surface area contributed by atoms with Gasteiger partial charge in [0.05, 0.1) is 6.61 Å². The van der Waals surface area contributed by atoms with Crippen molar-refractivity contribution in [3.05, 3.63) is 30.0 Å². The number of benzene rings is 1. The Morgan fingerprint density at radius 2 is 2.20 bits per heavy atom. The quantitative estimate of drug-likeness (QED) is 0.524. The zero-order valence-electron chi connectivity index (χ0n) is 8.23.